The fourth-order valence-corrected chi connectivity index (χ4v) is 3.21. The van der Waals surface area contributed by atoms with Crippen molar-refractivity contribution in [1.29, 1.82) is 0 Å². The van der Waals surface area contributed by atoms with Gasteiger partial charge in [-0.05, 0) is 43.5 Å². The predicted molar refractivity (Wildman–Crippen MR) is 96.0 cm³/mol. The highest BCUT2D eigenvalue weighted by Crippen LogP contribution is 2.17. The quantitative estimate of drug-likeness (QED) is 0.872. The number of nitrogens with one attached hydrogen (secondary N) is 1. The highest BCUT2D eigenvalue weighted by molar-refractivity contribution is 5.92. The number of amides is 1. The van der Waals surface area contributed by atoms with Gasteiger partial charge in [-0.25, -0.2) is 9.97 Å². The number of carbonyl (C=O) groups is 1. The van der Waals surface area contributed by atoms with Crippen LogP contribution in [-0.4, -0.2) is 45.4 Å². The van der Waals surface area contributed by atoms with Crippen LogP contribution in [0.15, 0.2) is 36.7 Å². The van der Waals surface area contributed by atoms with E-state index >= 15 is 0 Å². The van der Waals surface area contributed by atoms with Crippen LogP contribution >= 0.6 is 0 Å². The molecule has 3 heterocycles. The van der Waals surface area contributed by atoms with Crippen molar-refractivity contribution in [3.05, 3.63) is 53.9 Å². The zero-order valence-electron chi connectivity index (χ0n) is 14.7. The van der Waals surface area contributed by atoms with E-state index in [9.17, 15) is 4.79 Å². The molecule has 1 aliphatic rings. The second-order valence-electron chi connectivity index (χ2n) is 6.49. The van der Waals surface area contributed by atoms with Crippen molar-refractivity contribution in [2.24, 2.45) is 5.92 Å². The molecule has 0 saturated carbocycles. The van der Waals surface area contributed by atoms with Crippen LogP contribution in [0.1, 0.15) is 41.8 Å². The van der Waals surface area contributed by atoms with E-state index in [2.05, 4.69) is 32.1 Å². The maximum atomic E-state index is 12.1. The summed E-state index contributed by atoms with van der Waals surface area (Å²) < 4.78 is 0. The maximum absolute atomic E-state index is 12.1. The van der Waals surface area contributed by atoms with E-state index in [1.807, 2.05) is 24.4 Å². The Morgan fingerprint density at radius 2 is 2.20 bits per heavy atom. The van der Waals surface area contributed by atoms with Crippen LogP contribution < -0.4 is 5.32 Å². The number of aryl methyl sites for hydroxylation is 1. The average molecular weight is 339 g/mol. The molecule has 0 unspecified atom stereocenters. The number of pyridine rings is 1. The number of hydrogen-bond donors (Lipinski definition) is 1. The minimum Gasteiger partial charge on any atom is -0.350 e. The van der Waals surface area contributed by atoms with Crippen molar-refractivity contribution in [2.75, 3.05) is 19.6 Å². The van der Waals surface area contributed by atoms with Crippen molar-refractivity contribution in [3.63, 3.8) is 0 Å². The second kappa shape index (κ2) is 8.67. The van der Waals surface area contributed by atoms with Gasteiger partial charge in [-0.15, -0.1) is 0 Å². The Hall–Kier alpha value is -2.34. The van der Waals surface area contributed by atoms with Gasteiger partial charge < -0.3 is 5.32 Å². The average Bonchev–Trinajstić information content (AvgIpc) is 2.67. The lowest BCUT2D eigenvalue weighted by molar-refractivity contribution is 0.0925. The summed E-state index contributed by atoms with van der Waals surface area (Å²) in [6.07, 6.45) is 6.63. The summed E-state index contributed by atoms with van der Waals surface area (Å²) in [6, 6.07) is 7.37. The molecule has 1 atom stereocenters. The molecule has 0 bridgehead atoms. The number of nitrogens with zero attached hydrogens (tertiary/aromatic N) is 4. The third-order valence-electron chi connectivity index (χ3n) is 4.52. The van der Waals surface area contributed by atoms with Crippen molar-refractivity contribution in [1.82, 2.24) is 25.2 Å². The third-order valence-corrected chi connectivity index (χ3v) is 4.52. The molecule has 0 aliphatic carbocycles. The monoisotopic (exact) mass is 339 g/mol. The van der Waals surface area contributed by atoms with Gasteiger partial charge in [0.2, 0.25) is 0 Å². The predicted octanol–water partition coefficient (Wildman–Crippen LogP) is 2.08. The molecule has 2 aromatic heterocycles. The van der Waals surface area contributed by atoms with Gasteiger partial charge in [0.15, 0.2) is 0 Å². The molecule has 25 heavy (non-hydrogen) atoms. The molecule has 6 heteroatoms. The van der Waals surface area contributed by atoms with Gasteiger partial charge in [-0.1, -0.05) is 13.0 Å². The number of aromatic nitrogens is 3. The van der Waals surface area contributed by atoms with Crippen molar-refractivity contribution in [3.8, 4) is 0 Å². The molecule has 0 aromatic carbocycles. The Balaban J connectivity index is 1.50. The Labute approximate surface area is 148 Å². The first kappa shape index (κ1) is 17.5. The fourth-order valence-electron chi connectivity index (χ4n) is 3.21. The number of piperidine rings is 1. The maximum Gasteiger partial charge on any atom is 0.269 e. The van der Waals surface area contributed by atoms with Crippen LogP contribution in [0.2, 0.25) is 0 Å². The van der Waals surface area contributed by atoms with Crippen molar-refractivity contribution >= 4 is 5.91 Å². The lowest BCUT2D eigenvalue weighted by Crippen LogP contribution is -2.40. The lowest BCUT2D eigenvalue weighted by atomic mass is 9.97. The van der Waals surface area contributed by atoms with Crippen LogP contribution in [0.4, 0.5) is 0 Å². The highest BCUT2D eigenvalue weighted by Gasteiger charge is 2.21. The van der Waals surface area contributed by atoms with Crippen molar-refractivity contribution < 1.29 is 4.79 Å². The van der Waals surface area contributed by atoms with E-state index in [1.165, 1.54) is 0 Å². The molecule has 1 N–H and O–H groups in total. The zero-order valence-corrected chi connectivity index (χ0v) is 14.7. The molecular formula is C19H25N5O. The summed E-state index contributed by atoms with van der Waals surface area (Å²) in [6.45, 7) is 5.67. The molecule has 3 rings (SSSR count). The normalized spacial score (nSPS) is 18.0. The SMILES string of the molecule is CCc1nccc(CN2CCC[C@H](CNC(=O)c3ccccn3)C2)n1. The van der Waals surface area contributed by atoms with Crippen LogP contribution in [0, 0.1) is 5.92 Å². The molecule has 1 fully saturated rings. The molecule has 0 spiro atoms. The van der Waals surface area contributed by atoms with Gasteiger partial charge in [0.05, 0.1) is 5.69 Å². The summed E-state index contributed by atoms with van der Waals surface area (Å²) in [7, 11) is 0. The highest BCUT2D eigenvalue weighted by atomic mass is 16.1. The largest absolute Gasteiger partial charge is 0.350 e. The Morgan fingerprint density at radius 1 is 1.28 bits per heavy atom. The van der Waals surface area contributed by atoms with Gasteiger partial charge in [-0.2, -0.15) is 0 Å². The smallest absolute Gasteiger partial charge is 0.269 e. The van der Waals surface area contributed by atoms with Crippen LogP contribution in [0.25, 0.3) is 0 Å². The molecule has 1 saturated heterocycles. The third kappa shape index (κ3) is 5.06. The molecule has 6 nitrogen and oxygen atoms in total. The molecule has 132 valence electrons. The minimum absolute atomic E-state index is 0.0962. The first-order valence-corrected chi connectivity index (χ1v) is 8.97. The Bertz CT molecular complexity index is 691. The summed E-state index contributed by atoms with van der Waals surface area (Å²) in [5, 5.41) is 3.02. The van der Waals surface area contributed by atoms with Gasteiger partial charge in [0, 0.05) is 38.4 Å². The fraction of sp³-hybridized carbons (Fsp3) is 0.474. The van der Waals surface area contributed by atoms with E-state index in [0.717, 1.165) is 50.4 Å². The van der Waals surface area contributed by atoms with Crippen LogP contribution in [-0.2, 0) is 13.0 Å². The number of carbonyl (C=O) groups excluding carboxylic acids is 1. The van der Waals surface area contributed by atoms with E-state index in [-0.39, 0.29) is 5.91 Å². The number of hydrogen-bond acceptors (Lipinski definition) is 5. The van der Waals surface area contributed by atoms with E-state index < -0.39 is 0 Å². The van der Waals surface area contributed by atoms with Gasteiger partial charge >= 0.3 is 0 Å². The van der Waals surface area contributed by atoms with E-state index in [1.54, 1.807) is 12.3 Å². The number of rotatable bonds is 6. The van der Waals surface area contributed by atoms with Crippen LogP contribution in [0.3, 0.4) is 0 Å². The second-order valence-corrected chi connectivity index (χ2v) is 6.49. The summed E-state index contributed by atoms with van der Waals surface area (Å²) in [4.78, 5) is 27.5. The first-order valence-electron chi connectivity index (χ1n) is 8.97. The summed E-state index contributed by atoms with van der Waals surface area (Å²) >= 11 is 0. The Morgan fingerprint density at radius 3 is 3.00 bits per heavy atom. The zero-order chi connectivity index (χ0) is 17.5. The van der Waals surface area contributed by atoms with Gasteiger partial charge in [0.1, 0.15) is 11.5 Å². The molecule has 1 aliphatic heterocycles. The van der Waals surface area contributed by atoms with Crippen molar-refractivity contribution in [2.45, 2.75) is 32.7 Å². The van der Waals surface area contributed by atoms with Crippen LogP contribution in [0.5, 0.6) is 0 Å². The molecule has 0 radical (unpaired) electrons. The minimum atomic E-state index is -0.0962. The topological polar surface area (TPSA) is 71.0 Å². The van der Waals surface area contributed by atoms with E-state index in [0.29, 0.717) is 18.2 Å². The summed E-state index contributed by atoms with van der Waals surface area (Å²) in [5.74, 6) is 1.27. The first-order chi connectivity index (χ1) is 12.2. The standard InChI is InChI=1S/C19H25N5O/c1-2-18-21-10-8-16(23-18)14-24-11-5-6-15(13-24)12-22-19(25)17-7-3-4-9-20-17/h3-4,7-10,15H,2,5-6,11-14H2,1H3,(H,22,25)/t15-/m1/s1. The Kier molecular flexibility index (Phi) is 6.06. The van der Waals surface area contributed by atoms with E-state index in [4.69, 9.17) is 0 Å². The van der Waals surface area contributed by atoms with Gasteiger partial charge in [-0.3, -0.25) is 14.7 Å². The molecule has 2 aromatic rings. The molecular weight excluding hydrogens is 314 g/mol. The molecule has 1 amide bonds. The van der Waals surface area contributed by atoms with Gasteiger partial charge in [0.25, 0.3) is 5.91 Å². The lowest BCUT2D eigenvalue weighted by Gasteiger charge is -2.32. The number of likely N-dealkylation sites (tertiary alicyclic amines) is 1. The summed E-state index contributed by atoms with van der Waals surface area (Å²) in [5.41, 5.74) is 1.55.